The van der Waals surface area contributed by atoms with Crippen molar-refractivity contribution in [1.82, 2.24) is 9.78 Å². The number of aromatic nitrogens is 2. The fourth-order valence-corrected chi connectivity index (χ4v) is 3.77. The number of carbonyl (C=O) groups is 2. The van der Waals surface area contributed by atoms with Crippen LogP contribution in [0.15, 0.2) is 72.8 Å². The molecule has 0 bridgehead atoms. The smallest absolute Gasteiger partial charge is 0.357 e. The van der Waals surface area contributed by atoms with Crippen molar-refractivity contribution < 1.29 is 23.8 Å². The number of hydrogen-bond acceptors (Lipinski definition) is 6. The summed E-state index contributed by atoms with van der Waals surface area (Å²) in [4.78, 5) is 25.8. The van der Waals surface area contributed by atoms with Crippen LogP contribution >= 0.6 is 11.6 Å². The first kappa shape index (κ1) is 24.0. The predicted octanol–water partition coefficient (Wildman–Crippen LogP) is 5.65. The molecule has 0 radical (unpaired) electrons. The zero-order chi connectivity index (χ0) is 24.9. The number of halogens is 1. The van der Waals surface area contributed by atoms with Gasteiger partial charge < -0.3 is 14.2 Å². The van der Waals surface area contributed by atoms with Gasteiger partial charge in [-0.1, -0.05) is 59.6 Å². The van der Waals surface area contributed by atoms with Crippen molar-refractivity contribution in [2.24, 2.45) is 0 Å². The molecule has 0 saturated carbocycles. The molecule has 7 nitrogen and oxygen atoms in total. The molecular weight excluding hydrogens is 468 g/mol. The van der Waals surface area contributed by atoms with Crippen LogP contribution in [0.3, 0.4) is 0 Å². The molecule has 1 aromatic heterocycles. The molecule has 0 spiro atoms. The van der Waals surface area contributed by atoms with Gasteiger partial charge in [0.2, 0.25) is 0 Å². The summed E-state index contributed by atoms with van der Waals surface area (Å²) in [6.07, 6.45) is 0. The third-order valence-corrected chi connectivity index (χ3v) is 5.60. The highest BCUT2D eigenvalue weighted by Gasteiger charge is 2.32. The lowest BCUT2D eigenvalue weighted by molar-refractivity contribution is 0.0549. The topological polar surface area (TPSA) is 79.7 Å². The molecule has 0 amide bonds. The third-order valence-electron chi connectivity index (χ3n) is 5.37. The van der Waals surface area contributed by atoms with E-state index in [-0.39, 0.29) is 23.6 Å². The van der Waals surface area contributed by atoms with Gasteiger partial charge in [0.15, 0.2) is 5.69 Å². The van der Waals surface area contributed by atoms with Crippen LogP contribution in [0.2, 0.25) is 5.02 Å². The third kappa shape index (κ3) is 5.05. The molecule has 0 atom stereocenters. The number of hydrogen-bond donors (Lipinski definition) is 0. The molecule has 35 heavy (non-hydrogen) atoms. The highest BCUT2D eigenvalue weighted by molar-refractivity contribution is 6.31. The molecule has 4 rings (SSSR count). The van der Waals surface area contributed by atoms with Crippen LogP contribution < -0.4 is 4.74 Å². The fourth-order valence-electron chi connectivity index (χ4n) is 3.60. The summed E-state index contributed by atoms with van der Waals surface area (Å²) in [7, 11) is 2.47. The van der Waals surface area contributed by atoms with Gasteiger partial charge in [-0.15, -0.1) is 0 Å². The summed E-state index contributed by atoms with van der Waals surface area (Å²) in [5.41, 5.74) is 3.18. The molecule has 1 heterocycles. The van der Waals surface area contributed by atoms with E-state index in [1.807, 2.05) is 37.3 Å². The van der Waals surface area contributed by atoms with Gasteiger partial charge in [0.1, 0.15) is 23.6 Å². The predicted molar refractivity (Wildman–Crippen MR) is 132 cm³/mol. The number of carbonyl (C=O) groups excluding carboxylic acids is 2. The second kappa shape index (κ2) is 10.4. The Kier molecular flexibility index (Phi) is 7.17. The molecule has 178 valence electrons. The van der Waals surface area contributed by atoms with E-state index in [2.05, 4.69) is 5.10 Å². The van der Waals surface area contributed by atoms with Gasteiger partial charge in [-0.2, -0.15) is 5.10 Å². The summed E-state index contributed by atoms with van der Waals surface area (Å²) in [5, 5.41) is 5.04. The van der Waals surface area contributed by atoms with Gasteiger partial charge in [0, 0.05) is 10.6 Å². The molecule has 3 aromatic carbocycles. The van der Waals surface area contributed by atoms with E-state index in [1.54, 1.807) is 42.5 Å². The van der Waals surface area contributed by atoms with Gasteiger partial charge in [-0.25, -0.2) is 14.3 Å². The van der Waals surface area contributed by atoms with E-state index in [0.717, 1.165) is 11.1 Å². The number of esters is 2. The van der Waals surface area contributed by atoms with Crippen molar-refractivity contribution in [3.05, 3.63) is 100 Å². The number of ether oxygens (including phenoxy) is 3. The summed E-state index contributed by atoms with van der Waals surface area (Å²) in [5.74, 6) is -1.04. The number of para-hydroxylation sites is 1. The molecule has 0 aliphatic carbocycles. The first-order valence-electron chi connectivity index (χ1n) is 10.8. The summed E-state index contributed by atoms with van der Waals surface area (Å²) < 4.78 is 17.5. The first-order valence-corrected chi connectivity index (χ1v) is 11.1. The normalized spacial score (nSPS) is 10.6. The van der Waals surface area contributed by atoms with Crippen LogP contribution in [0, 0.1) is 6.92 Å². The van der Waals surface area contributed by atoms with Gasteiger partial charge in [-0.3, -0.25) is 0 Å². The van der Waals surface area contributed by atoms with Crippen molar-refractivity contribution in [2.75, 3.05) is 14.2 Å². The lowest BCUT2D eigenvalue weighted by atomic mass is 10.0. The average molecular weight is 491 g/mol. The molecule has 0 aliphatic heterocycles. The quantitative estimate of drug-likeness (QED) is 0.311. The highest BCUT2D eigenvalue weighted by Crippen LogP contribution is 2.37. The molecule has 0 saturated heterocycles. The van der Waals surface area contributed by atoms with Crippen LogP contribution in [0.1, 0.15) is 32.0 Å². The lowest BCUT2D eigenvalue weighted by Gasteiger charge is -2.12. The Bertz CT molecular complexity index is 1360. The van der Waals surface area contributed by atoms with Crippen LogP contribution in [-0.2, 0) is 16.1 Å². The summed E-state index contributed by atoms with van der Waals surface area (Å²) in [6, 6.07) is 21.9. The Balaban J connectivity index is 1.89. The molecular formula is C27H23ClN2O5. The maximum absolute atomic E-state index is 12.9. The van der Waals surface area contributed by atoms with Crippen LogP contribution in [0.25, 0.3) is 16.9 Å². The minimum absolute atomic E-state index is 0.0503. The maximum Gasteiger partial charge on any atom is 0.357 e. The Hall–Kier alpha value is -4.10. The van der Waals surface area contributed by atoms with Crippen molar-refractivity contribution in [1.29, 1.82) is 0 Å². The minimum Gasteiger partial charge on any atom is -0.488 e. The van der Waals surface area contributed by atoms with Crippen LogP contribution in [0.5, 0.6) is 5.75 Å². The molecule has 0 aliphatic rings. The second-order valence-corrected chi connectivity index (χ2v) is 8.15. The highest BCUT2D eigenvalue weighted by atomic mass is 35.5. The van der Waals surface area contributed by atoms with Crippen molar-refractivity contribution >= 4 is 23.5 Å². The molecule has 0 fully saturated rings. The Morgan fingerprint density at radius 3 is 2.26 bits per heavy atom. The zero-order valence-corrected chi connectivity index (χ0v) is 20.2. The molecule has 0 N–H and O–H groups in total. The maximum atomic E-state index is 12.9. The standard InChI is InChI=1S/C27H23ClN2O5/c1-17-9-11-18(12-10-17)16-35-22-14-13-19(28)15-21(22)24-23(26(31)33-2)25(27(32)34-3)30(29-24)20-7-5-4-6-8-20/h4-15H,16H2,1-3H3. The SMILES string of the molecule is COC(=O)c1c(-c2cc(Cl)ccc2OCc2ccc(C)cc2)nn(-c2ccccc2)c1C(=O)OC. The van der Waals surface area contributed by atoms with Crippen molar-refractivity contribution in [2.45, 2.75) is 13.5 Å². The van der Waals surface area contributed by atoms with Gasteiger partial charge in [0.05, 0.1) is 19.9 Å². The Labute approximate surface area is 207 Å². The van der Waals surface area contributed by atoms with Crippen LogP contribution in [0.4, 0.5) is 0 Å². The lowest BCUT2D eigenvalue weighted by Crippen LogP contribution is -2.15. The Morgan fingerprint density at radius 1 is 0.914 bits per heavy atom. The van der Waals surface area contributed by atoms with Gasteiger partial charge in [-0.05, 0) is 42.8 Å². The van der Waals surface area contributed by atoms with Gasteiger partial charge in [0.25, 0.3) is 0 Å². The van der Waals surface area contributed by atoms with E-state index >= 15 is 0 Å². The van der Waals surface area contributed by atoms with Crippen molar-refractivity contribution in [3.63, 3.8) is 0 Å². The largest absolute Gasteiger partial charge is 0.488 e. The Morgan fingerprint density at radius 2 is 1.60 bits per heavy atom. The number of benzene rings is 3. The van der Waals surface area contributed by atoms with E-state index in [4.69, 9.17) is 25.8 Å². The van der Waals surface area contributed by atoms with Gasteiger partial charge >= 0.3 is 11.9 Å². The zero-order valence-electron chi connectivity index (χ0n) is 19.4. The molecule has 4 aromatic rings. The monoisotopic (exact) mass is 490 g/mol. The fraction of sp³-hybridized carbons (Fsp3) is 0.148. The van der Waals surface area contributed by atoms with Crippen LogP contribution in [-0.4, -0.2) is 35.9 Å². The summed E-state index contributed by atoms with van der Waals surface area (Å²) >= 11 is 6.32. The second-order valence-electron chi connectivity index (χ2n) is 7.72. The molecule has 0 unspecified atom stereocenters. The minimum atomic E-state index is -0.743. The first-order chi connectivity index (χ1) is 16.9. The number of rotatable bonds is 7. The number of methoxy groups -OCH3 is 2. The van der Waals surface area contributed by atoms with E-state index in [9.17, 15) is 9.59 Å². The van der Waals surface area contributed by atoms with E-state index in [0.29, 0.717) is 22.0 Å². The number of aryl methyl sites for hydroxylation is 1. The van der Waals surface area contributed by atoms with E-state index in [1.165, 1.54) is 18.9 Å². The molecule has 8 heteroatoms. The number of nitrogens with zero attached hydrogens (tertiary/aromatic N) is 2. The summed E-state index contributed by atoms with van der Waals surface area (Å²) in [6.45, 7) is 2.30. The van der Waals surface area contributed by atoms with Crippen molar-refractivity contribution in [3.8, 4) is 22.7 Å². The average Bonchev–Trinajstić information content (AvgIpc) is 3.29. The van der Waals surface area contributed by atoms with E-state index < -0.39 is 11.9 Å².